The second kappa shape index (κ2) is 8.91. The Morgan fingerprint density at radius 2 is 1.88 bits per heavy atom. The molecule has 1 atom stereocenters. The van der Waals surface area contributed by atoms with Crippen molar-refractivity contribution in [2.45, 2.75) is 25.9 Å². The summed E-state index contributed by atoms with van der Waals surface area (Å²) in [6.07, 6.45) is 0.451. The molecule has 0 heterocycles. The quantitative estimate of drug-likeness (QED) is 0.807. The molecule has 0 saturated heterocycles. The van der Waals surface area contributed by atoms with Crippen LogP contribution in [0.15, 0.2) is 48.5 Å². The molecule has 0 radical (unpaired) electrons. The SMILES string of the molecule is CC[C@H](Oc1ccccc1F)C(=O)NCCc1ccc(OC)cc1. The first-order valence-corrected chi connectivity index (χ1v) is 7.96. The van der Waals surface area contributed by atoms with E-state index in [-0.39, 0.29) is 11.7 Å². The highest BCUT2D eigenvalue weighted by Crippen LogP contribution is 2.18. The Balaban J connectivity index is 1.84. The van der Waals surface area contributed by atoms with E-state index in [1.165, 1.54) is 12.1 Å². The van der Waals surface area contributed by atoms with Crippen molar-refractivity contribution in [3.05, 3.63) is 59.9 Å². The van der Waals surface area contributed by atoms with Crippen LogP contribution >= 0.6 is 0 Å². The first-order valence-electron chi connectivity index (χ1n) is 7.96. The number of carbonyl (C=O) groups excluding carboxylic acids is 1. The molecular weight excluding hydrogens is 309 g/mol. The zero-order valence-electron chi connectivity index (χ0n) is 13.9. The largest absolute Gasteiger partial charge is 0.497 e. The lowest BCUT2D eigenvalue weighted by Gasteiger charge is -2.17. The standard InChI is InChI=1S/C19H22FNO3/c1-3-17(24-18-7-5-4-6-16(18)20)19(22)21-13-12-14-8-10-15(23-2)11-9-14/h4-11,17H,3,12-13H2,1-2H3,(H,21,22)/t17-/m0/s1. The third-order valence-corrected chi connectivity index (χ3v) is 3.64. The maximum atomic E-state index is 13.6. The number of halogens is 1. The van der Waals surface area contributed by atoms with Crippen LogP contribution in [0.4, 0.5) is 4.39 Å². The predicted molar refractivity (Wildman–Crippen MR) is 90.8 cm³/mol. The molecule has 1 amide bonds. The van der Waals surface area contributed by atoms with Crippen molar-refractivity contribution in [1.29, 1.82) is 0 Å². The summed E-state index contributed by atoms with van der Waals surface area (Å²) in [6.45, 7) is 2.32. The smallest absolute Gasteiger partial charge is 0.261 e. The van der Waals surface area contributed by atoms with Crippen molar-refractivity contribution in [2.24, 2.45) is 0 Å². The van der Waals surface area contributed by atoms with Gasteiger partial charge < -0.3 is 14.8 Å². The molecule has 2 aromatic carbocycles. The monoisotopic (exact) mass is 331 g/mol. The summed E-state index contributed by atoms with van der Waals surface area (Å²) >= 11 is 0. The van der Waals surface area contributed by atoms with Crippen LogP contribution in [0.2, 0.25) is 0 Å². The van der Waals surface area contributed by atoms with E-state index in [9.17, 15) is 9.18 Å². The summed E-state index contributed by atoms with van der Waals surface area (Å²) in [7, 11) is 1.62. The average Bonchev–Trinajstić information content (AvgIpc) is 2.61. The van der Waals surface area contributed by atoms with E-state index >= 15 is 0 Å². The molecule has 5 heteroatoms. The molecule has 0 spiro atoms. The molecule has 128 valence electrons. The van der Waals surface area contributed by atoms with Gasteiger partial charge in [0, 0.05) is 6.54 Å². The maximum absolute atomic E-state index is 13.6. The minimum atomic E-state index is -0.710. The van der Waals surface area contributed by atoms with Crippen molar-refractivity contribution in [3.8, 4) is 11.5 Å². The van der Waals surface area contributed by atoms with Crippen molar-refractivity contribution in [3.63, 3.8) is 0 Å². The minimum Gasteiger partial charge on any atom is -0.497 e. The van der Waals surface area contributed by atoms with Crippen molar-refractivity contribution in [1.82, 2.24) is 5.32 Å². The molecule has 0 unspecified atom stereocenters. The zero-order valence-corrected chi connectivity index (χ0v) is 13.9. The maximum Gasteiger partial charge on any atom is 0.261 e. The molecule has 0 bridgehead atoms. The third-order valence-electron chi connectivity index (χ3n) is 3.64. The lowest BCUT2D eigenvalue weighted by atomic mass is 10.1. The van der Waals surface area contributed by atoms with Crippen molar-refractivity contribution < 1.29 is 18.7 Å². The lowest BCUT2D eigenvalue weighted by Crippen LogP contribution is -2.39. The Bertz CT molecular complexity index is 658. The van der Waals surface area contributed by atoms with Gasteiger partial charge in [-0.2, -0.15) is 0 Å². The number of rotatable bonds is 8. The fraction of sp³-hybridized carbons (Fsp3) is 0.316. The number of amides is 1. The number of methoxy groups -OCH3 is 1. The highest BCUT2D eigenvalue weighted by atomic mass is 19.1. The average molecular weight is 331 g/mol. The Morgan fingerprint density at radius 3 is 2.50 bits per heavy atom. The highest BCUT2D eigenvalue weighted by Gasteiger charge is 2.19. The second-order valence-corrected chi connectivity index (χ2v) is 5.33. The number of carbonyl (C=O) groups is 1. The van der Waals surface area contributed by atoms with Crippen LogP contribution in [-0.4, -0.2) is 25.7 Å². The van der Waals surface area contributed by atoms with E-state index in [2.05, 4.69) is 5.32 Å². The van der Waals surface area contributed by atoms with Gasteiger partial charge in [0.25, 0.3) is 5.91 Å². The molecule has 0 aliphatic carbocycles. The van der Waals surface area contributed by atoms with Gasteiger partial charge in [-0.25, -0.2) is 4.39 Å². The third kappa shape index (κ3) is 4.98. The number of ether oxygens (including phenoxy) is 2. The fourth-order valence-electron chi connectivity index (χ4n) is 2.25. The summed E-state index contributed by atoms with van der Waals surface area (Å²) < 4.78 is 24.2. The van der Waals surface area contributed by atoms with E-state index in [0.29, 0.717) is 19.4 Å². The van der Waals surface area contributed by atoms with Crippen molar-refractivity contribution >= 4 is 5.91 Å². The Labute approximate surface area is 141 Å². The van der Waals surface area contributed by atoms with E-state index in [1.807, 2.05) is 31.2 Å². The highest BCUT2D eigenvalue weighted by molar-refractivity contribution is 5.81. The Hall–Kier alpha value is -2.56. The zero-order chi connectivity index (χ0) is 17.4. The van der Waals surface area contributed by atoms with Crippen LogP contribution in [0, 0.1) is 5.82 Å². The van der Waals surface area contributed by atoms with Crippen molar-refractivity contribution in [2.75, 3.05) is 13.7 Å². The molecule has 2 aromatic rings. The summed E-state index contributed by atoms with van der Waals surface area (Å²) in [5.41, 5.74) is 1.10. The fourth-order valence-corrected chi connectivity index (χ4v) is 2.25. The summed E-state index contributed by atoms with van der Waals surface area (Å²) in [4.78, 5) is 12.2. The van der Waals surface area contributed by atoms with Crippen LogP contribution in [0.25, 0.3) is 0 Å². The molecule has 0 aliphatic rings. The number of nitrogens with one attached hydrogen (secondary N) is 1. The first kappa shape index (κ1) is 17.8. The summed E-state index contributed by atoms with van der Waals surface area (Å²) in [5.74, 6) is 0.179. The van der Waals surface area contributed by atoms with Gasteiger partial charge in [0.1, 0.15) is 5.75 Å². The molecule has 0 fully saturated rings. The number of benzene rings is 2. The molecule has 4 nitrogen and oxygen atoms in total. The summed E-state index contributed by atoms with van der Waals surface area (Å²) in [5, 5.41) is 2.83. The molecule has 0 aliphatic heterocycles. The van der Waals surface area contributed by atoms with E-state index in [4.69, 9.17) is 9.47 Å². The van der Waals surface area contributed by atoms with Gasteiger partial charge in [0.15, 0.2) is 17.7 Å². The normalized spacial score (nSPS) is 11.6. The van der Waals surface area contributed by atoms with Gasteiger partial charge in [-0.1, -0.05) is 31.2 Å². The lowest BCUT2D eigenvalue weighted by molar-refractivity contribution is -0.128. The Morgan fingerprint density at radius 1 is 1.17 bits per heavy atom. The topological polar surface area (TPSA) is 47.6 Å². The molecule has 2 rings (SSSR count). The predicted octanol–water partition coefficient (Wildman–Crippen LogP) is 3.35. The van der Waals surface area contributed by atoms with Crippen LogP contribution in [-0.2, 0) is 11.2 Å². The second-order valence-electron chi connectivity index (χ2n) is 5.33. The summed E-state index contributed by atoms with van der Waals surface area (Å²) in [6, 6.07) is 13.8. The van der Waals surface area contributed by atoms with Crippen LogP contribution in [0.5, 0.6) is 11.5 Å². The number of hydrogen-bond acceptors (Lipinski definition) is 3. The van der Waals surface area contributed by atoms with E-state index < -0.39 is 11.9 Å². The van der Waals surface area contributed by atoms with E-state index in [1.54, 1.807) is 19.2 Å². The molecule has 24 heavy (non-hydrogen) atoms. The van der Waals surface area contributed by atoms with Gasteiger partial charge in [-0.15, -0.1) is 0 Å². The van der Waals surface area contributed by atoms with Gasteiger partial charge in [-0.3, -0.25) is 4.79 Å². The van der Waals surface area contributed by atoms with Gasteiger partial charge >= 0.3 is 0 Å². The van der Waals surface area contributed by atoms with Crippen LogP contribution < -0.4 is 14.8 Å². The van der Waals surface area contributed by atoms with Crippen LogP contribution in [0.1, 0.15) is 18.9 Å². The van der Waals surface area contributed by atoms with Gasteiger partial charge in [-0.05, 0) is 42.7 Å². The molecular formula is C19H22FNO3. The number of para-hydroxylation sites is 1. The van der Waals surface area contributed by atoms with E-state index in [0.717, 1.165) is 11.3 Å². The minimum absolute atomic E-state index is 0.0923. The molecule has 1 N–H and O–H groups in total. The van der Waals surface area contributed by atoms with Gasteiger partial charge in [0.05, 0.1) is 7.11 Å². The molecule has 0 saturated carbocycles. The Kier molecular flexibility index (Phi) is 6.61. The first-order chi connectivity index (χ1) is 11.6. The van der Waals surface area contributed by atoms with Gasteiger partial charge in [0.2, 0.25) is 0 Å². The molecule has 0 aromatic heterocycles. The van der Waals surface area contributed by atoms with Crippen LogP contribution in [0.3, 0.4) is 0 Å². The number of hydrogen-bond donors (Lipinski definition) is 1.